The van der Waals surface area contributed by atoms with Crippen LogP contribution in [0.5, 0.6) is 0 Å². The van der Waals surface area contributed by atoms with Crippen LogP contribution in [0.2, 0.25) is 0 Å². The molecule has 0 saturated heterocycles. The number of carbonyl (C=O) groups is 1. The van der Waals surface area contributed by atoms with E-state index in [0.29, 0.717) is 23.0 Å². The molecule has 3 saturated carbocycles. The van der Waals surface area contributed by atoms with Crippen LogP contribution in [0.1, 0.15) is 98.8 Å². The first-order valence-corrected chi connectivity index (χ1v) is 14.9. The van der Waals surface area contributed by atoms with Gasteiger partial charge >= 0.3 is 0 Å². The van der Waals surface area contributed by atoms with E-state index in [4.69, 9.17) is 0 Å². The van der Waals surface area contributed by atoms with Gasteiger partial charge < -0.3 is 0 Å². The van der Waals surface area contributed by atoms with E-state index < -0.39 is 0 Å². The molecule has 5 rings (SSSR count). The van der Waals surface area contributed by atoms with Crippen LogP contribution in [0.3, 0.4) is 0 Å². The van der Waals surface area contributed by atoms with Gasteiger partial charge in [-0.15, -0.1) is 0 Å². The minimum Gasteiger partial charge on any atom is -0.295 e. The number of rotatable bonds is 7. The second-order valence-corrected chi connectivity index (χ2v) is 13.6. The lowest BCUT2D eigenvalue weighted by Gasteiger charge is -2.58. The van der Waals surface area contributed by atoms with Gasteiger partial charge in [-0.25, -0.2) is 0 Å². The molecule has 3 fully saturated rings. The lowest BCUT2D eigenvalue weighted by atomic mass is 9.46. The zero-order valence-corrected chi connectivity index (χ0v) is 23.4. The van der Waals surface area contributed by atoms with E-state index in [9.17, 15) is 4.79 Å². The Balaban J connectivity index is 1.32. The highest BCUT2D eigenvalue weighted by atomic mass is 16.1. The molecule has 196 valence electrons. The molecule has 0 radical (unpaired) electrons. The summed E-state index contributed by atoms with van der Waals surface area (Å²) in [7, 11) is 0. The summed E-state index contributed by atoms with van der Waals surface area (Å²) in [6.07, 6.45) is 14.4. The van der Waals surface area contributed by atoms with E-state index in [1.54, 1.807) is 0 Å². The van der Waals surface area contributed by atoms with E-state index >= 15 is 0 Å². The van der Waals surface area contributed by atoms with Crippen LogP contribution in [-0.2, 0) is 4.79 Å². The zero-order valence-electron chi connectivity index (χ0n) is 23.4. The molecule has 1 N–H and O–H groups in total. The van der Waals surface area contributed by atoms with Gasteiger partial charge in [0.25, 0.3) is 0 Å². The van der Waals surface area contributed by atoms with Gasteiger partial charge in [-0.05, 0) is 103 Å². The van der Waals surface area contributed by atoms with E-state index in [1.165, 1.54) is 44.9 Å². The molecule has 0 aromatic heterocycles. The van der Waals surface area contributed by atoms with Gasteiger partial charge in [0.1, 0.15) is 0 Å². The number of anilines is 1. The summed E-state index contributed by atoms with van der Waals surface area (Å²) >= 11 is 0. The van der Waals surface area contributed by atoms with E-state index in [1.807, 2.05) is 30.3 Å². The molecule has 0 bridgehead atoms. The second kappa shape index (κ2) is 10.1. The van der Waals surface area contributed by atoms with Crippen LogP contribution >= 0.6 is 0 Å². The van der Waals surface area contributed by atoms with Crippen LogP contribution in [0.15, 0.2) is 47.1 Å². The fourth-order valence-electron chi connectivity index (χ4n) is 9.16. The number of allylic oxidation sites excluding steroid dienone is 2. The third-order valence-corrected chi connectivity index (χ3v) is 11.1. The molecule has 0 heterocycles. The van der Waals surface area contributed by atoms with Crippen LogP contribution in [-0.4, -0.2) is 11.5 Å². The Labute approximate surface area is 219 Å². The Morgan fingerprint density at radius 3 is 2.53 bits per heavy atom. The maximum Gasteiger partial charge on any atom is 0.159 e. The SMILES string of the molecule is CC(C)CCC[C@@H](C)[C@H]1CC[C@H]2[C@@H]3CC(=O)C4=C/C(=N/Nc5ccccc5)CC[C@]4(C)[C@H]3CC[C@]12C. The fourth-order valence-corrected chi connectivity index (χ4v) is 9.16. The smallest absolute Gasteiger partial charge is 0.159 e. The molecule has 0 unspecified atom stereocenters. The first-order valence-electron chi connectivity index (χ1n) is 14.9. The predicted molar refractivity (Wildman–Crippen MR) is 151 cm³/mol. The lowest BCUT2D eigenvalue weighted by Crippen LogP contribution is -2.53. The average Bonchev–Trinajstić information content (AvgIpc) is 3.21. The van der Waals surface area contributed by atoms with E-state index in [-0.39, 0.29) is 5.41 Å². The first kappa shape index (κ1) is 25.7. The van der Waals surface area contributed by atoms with Crippen molar-refractivity contribution in [3.05, 3.63) is 42.0 Å². The highest BCUT2D eigenvalue weighted by molar-refractivity contribution is 6.07. The van der Waals surface area contributed by atoms with Crippen molar-refractivity contribution in [1.82, 2.24) is 0 Å². The molecule has 0 amide bonds. The number of hydrazone groups is 1. The van der Waals surface area contributed by atoms with Crippen LogP contribution in [0, 0.1) is 46.3 Å². The number of hydrogen-bond acceptors (Lipinski definition) is 3. The maximum absolute atomic E-state index is 13.7. The Morgan fingerprint density at radius 1 is 1.00 bits per heavy atom. The fraction of sp³-hybridized carbons (Fsp3) is 0.697. The number of nitrogens with one attached hydrogen (secondary N) is 1. The topological polar surface area (TPSA) is 41.5 Å². The van der Waals surface area contributed by atoms with Crippen LogP contribution in [0.4, 0.5) is 5.69 Å². The number of hydrogen-bond donors (Lipinski definition) is 1. The van der Waals surface area contributed by atoms with Crippen molar-refractivity contribution in [2.45, 2.75) is 98.8 Å². The van der Waals surface area contributed by atoms with Crippen molar-refractivity contribution < 1.29 is 4.79 Å². The van der Waals surface area contributed by atoms with Crippen molar-refractivity contribution in [2.24, 2.45) is 51.4 Å². The molecule has 0 spiro atoms. The van der Waals surface area contributed by atoms with Gasteiger partial charge in [-0.1, -0.05) is 72.1 Å². The monoisotopic (exact) mass is 488 g/mol. The minimum absolute atomic E-state index is 0.0219. The van der Waals surface area contributed by atoms with Crippen molar-refractivity contribution in [3.63, 3.8) is 0 Å². The van der Waals surface area contributed by atoms with Crippen molar-refractivity contribution >= 4 is 17.2 Å². The maximum atomic E-state index is 13.7. The molecule has 4 aliphatic rings. The molecule has 3 nitrogen and oxygen atoms in total. The van der Waals surface area contributed by atoms with Gasteiger partial charge in [0.05, 0.1) is 11.4 Å². The Morgan fingerprint density at radius 2 is 1.78 bits per heavy atom. The summed E-state index contributed by atoms with van der Waals surface area (Å²) in [6.45, 7) is 12.3. The Kier molecular flexibility index (Phi) is 7.22. The van der Waals surface area contributed by atoms with Crippen molar-refractivity contribution in [2.75, 3.05) is 5.43 Å². The second-order valence-electron chi connectivity index (χ2n) is 13.6. The number of para-hydroxylation sites is 1. The van der Waals surface area contributed by atoms with Gasteiger partial charge in [0.15, 0.2) is 5.78 Å². The van der Waals surface area contributed by atoms with E-state index in [0.717, 1.165) is 59.9 Å². The molecule has 7 atom stereocenters. The predicted octanol–water partition coefficient (Wildman–Crippen LogP) is 8.67. The quantitative estimate of drug-likeness (QED) is 0.390. The summed E-state index contributed by atoms with van der Waals surface area (Å²) in [5.74, 6) is 4.82. The lowest BCUT2D eigenvalue weighted by molar-refractivity contribution is -0.128. The highest BCUT2D eigenvalue weighted by Crippen LogP contribution is 2.67. The minimum atomic E-state index is 0.0219. The highest BCUT2D eigenvalue weighted by Gasteiger charge is 2.60. The number of Topliss-reactive ketones (excluding diaryl/α,β-unsaturated/α-hetero) is 1. The van der Waals surface area contributed by atoms with Gasteiger partial charge in [-0.2, -0.15) is 5.10 Å². The summed E-state index contributed by atoms with van der Waals surface area (Å²) < 4.78 is 0. The molecule has 1 aromatic rings. The molecule has 0 aliphatic heterocycles. The van der Waals surface area contributed by atoms with Gasteiger partial charge in [0.2, 0.25) is 0 Å². The van der Waals surface area contributed by atoms with Gasteiger partial charge in [-0.3, -0.25) is 10.2 Å². The molecule has 1 aromatic carbocycles. The molecule has 4 aliphatic carbocycles. The van der Waals surface area contributed by atoms with Gasteiger partial charge in [0, 0.05) is 12.0 Å². The van der Waals surface area contributed by atoms with Crippen molar-refractivity contribution in [3.8, 4) is 0 Å². The Bertz CT molecular complexity index is 1010. The average molecular weight is 489 g/mol. The third-order valence-electron chi connectivity index (χ3n) is 11.1. The number of carbonyl (C=O) groups excluding carboxylic acids is 1. The number of fused-ring (bicyclic) bond motifs is 5. The third kappa shape index (κ3) is 4.61. The molecule has 36 heavy (non-hydrogen) atoms. The molecular weight excluding hydrogens is 440 g/mol. The Hall–Kier alpha value is -1.90. The van der Waals surface area contributed by atoms with Crippen LogP contribution in [0.25, 0.3) is 0 Å². The van der Waals surface area contributed by atoms with Crippen LogP contribution < -0.4 is 5.43 Å². The summed E-state index contributed by atoms with van der Waals surface area (Å²) in [4.78, 5) is 13.7. The summed E-state index contributed by atoms with van der Waals surface area (Å²) in [5, 5.41) is 4.68. The normalized spacial score (nSPS) is 37.8. The van der Waals surface area contributed by atoms with Crippen molar-refractivity contribution in [1.29, 1.82) is 0 Å². The summed E-state index contributed by atoms with van der Waals surface area (Å²) in [6, 6.07) is 10.1. The standard InChI is InChI=1S/C33H48N2O/c1-22(2)10-9-11-23(3)27-14-15-28-26-21-31(36)30-20-25(35-34-24-12-7-6-8-13-24)16-18-33(30,5)29(26)17-19-32(27,28)4/h6-8,12-13,20,22-23,26-29,34H,9-11,14-19,21H2,1-5H3/b35-25+/t23-,26+,27-,28+,29+,32-,33-/m1/s1. The number of nitrogens with zero attached hydrogens (tertiary/aromatic N) is 1. The molecular formula is C33H48N2O. The summed E-state index contributed by atoms with van der Waals surface area (Å²) in [5.41, 5.74) is 6.74. The molecule has 3 heteroatoms. The first-order chi connectivity index (χ1) is 17.2. The number of benzene rings is 1. The zero-order chi connectivity index (χ0) is 25.5. The largest absolute Gasteiger partial charge is 0.295 e. The van der Waals surface area contributed by atoms with E-state index in [2.05, 4.69) is 51.2 Å². The number of ketones is 1.